The minimum Gasteiger partial charge on any atom is -0.471 e. The molecule has 2 bridgehead atoms. The van der Waals surface area contributed by atoms with E-state index in [1.165, 1.54) is 11.1 Å². The number of rotatable bonds is 4. The van der Waals surface area contributed by atoms with Gasteiger partial charge in [0.1, 0.15) is 5.75 Å². The maximum absolute atomic E-state index is 12.8. The van der Waals surface area contributed by atoms with Gasteiger partial charge in [0, 0.05) is 4.47 Å². The zero-order valence-corrected chi connectivity index (χ0v) is 15.3. The van der Waals surface area contributed by atoms with Gasteiger partial charge in [-0.2, -0.15) is 5.10 Å². The van der Waals surface area contributed by atoms with Crippen molar-refractivity contribution in [2.45, 2.75) is 31.8 Å². The first-order valence-electron chi connectivity index (χ1n) is 8.56. The van der Waals surface area contributed by atoms with Crippen LogP contribution in [0.3, 0.4) is 0 Å². The summed E-state index contributed by atoms with van der Waals surface area (Å²) in [6.45, 7) is 0.194. The van der Waals surface area contributed by atoms with Gasteiger partial charge in [0.2, 0.25) is 11.8 Å². The second-order valence-electron chi connectivity index (χ2n) is 6.82. The van der Waals surface area contributed by atoms with Crippen LogP contribution >= 0.6 is 15.9 Å². The van der Waals surface area contributed by atoms with Gasteiger partial charge >= 0.3 is 0 Å². The van der Waals surface area contributed by atoms with E-state index >= 15 is 0 Å². The van der Waals surface area contributed by atoms with Gasteiger partial charge in [0.05, 0.1) is 42.1 Å². The zero-order valence-electron chi connectivity index (χ0n) is 13.7. The fraction of sp³-hybridized carbons (Fsp3) is 0.389. The van der Waals surface area contributed by atoms with Gasteiger partial charge in [-0.3, -0.25) is 9.59 Å². The maximum Gasteiger partial charge on any atom is 0.240 e. The topological polar surface area (TPSA) is 73.7 Å². The van der Waals surface area contributed by atoms with Crippen molar-refractivity contribution in [3.8, 4) is 5.75 Å². The van der Waals surface area contributed by atoms with Crippen LogP contribution in [0.4, 0.5) is 5.69 Å². The second kappa shape index (κ2) is 5.92. The molecule has 0 aliphatic carbocycles. The molecule has 8 heteroatoms. The minimum atomic E-state index is -0.330. The summed E-state index contributed by atoms with van der Waals surface area (Å²) in [5.74, 6) is -0.282. The summed E-state index contributed by atoms with van der Waals surface area (Å²) in [6.07, 6.45) is 4.70. The number of benzene rings is 1. The van der Waals surface area contributed by atoms with Crippen molar-refractivity contribution in [2.75, 3.05) is 4.90 Å². The first-order valence-corrected chi connectivity index (χ1v) is 9.35. The number of halogens is 1. The number of fused-ring (bicyclic) bond motifs is 5. The van der Waals surface area contributed by atoms with Crippen LogP contribution in [0, 0.1) is 11.8 Å². The average molecular weight is 418 g/mol. The number of hydrogen-bond donors (Lipinski definition) is 0. The fourth-order valence-corrected chi connectivity index (χ4v) is 4.44. The van der Waals surface area contributed by atoms with Crippen molar-refractivity contribution in [3.05, 3.63) is 41.1 Å². The second-order valence-corrected chi connectivity index (χ2v) is 7.73. The number of amides is 2. The summed E-state index contributed by atoms with van der Waals surface area (Å²) in [4.78, 5) is 26.8. The van der Waals surface area contributed by atoms with E-state index in [1.807, 2.05) is 24.3 Å². The number of nitrogens with zero attached hydrogens (tertiary/aromatic N) is 3. The Balaban J connectivity index is 1.31. The molecule has 0 spiro atoms. The van der Waals surface area contributed by atoms with Crippen LogP contribution in [0.1, 0.15) is 12.8 Å². The molecule has 134 valence electrons. The molecule has 0 N–H and O–H groups in total. The molecule has 7 nitrogen and oxygen atoms in total. The van der Waals surface area contributed by atoms with Gasteiger partial charge in [-0.25, -0.2) is 9.58 Å². The van der Waals surface area contributed by atoms with E-state index in [9.17, 15) is 9.59 Å². The molecule has 2 aromatic rings. The largest absolute Gasteiger partial charge is 0.471 e. The quantitative estimate of drug-likeness (QED) is 0.713. The molecule has 4 heterocycles. The third-order valence-electron chi connectivity index (χ3n) is 5.34. The molecule has 26 heavy (non-hydrogen) atoms. The third kappa shape index (κ3) is 2.39. The van der Waals surface area contributed by atoms with E-state index in [0.29, 0.717) is 11.4 Å². The molecule has 1 aromatic carbocycles. The Morgan fingerprint density at radius 3 is 2.42 bits per heavy atom. The summed E-state index contributed by atoms with van der Waals surface area (Å²) in [7, 11) is 0. The number of carbonyl (C=O) groups is 2. The Bertz CT molecular complexity index is 853. The molecule has 3 saturated heterocycles. The van der Waals surface area contributed by atoms with Crippen molar-refractivity contribution < 1.29 is 19.1 Å². The normalized spacial score (nSPS) is 29.5. The predicted molar refractivity (Wildman–Crippen MR) is 94.4 cm³/mol. The van der Waals surface area contributed by atoms with Crippen LogP contribution in [0.25, 0.3) is 0 Å². The van der Waals surface area contributed by atoms with Gasteiger partial charge in [0.25, 0.3) is 0 Å². The molecule has 0 radical (unpaired) electrons. The summed E-state index contributed by atoms with van der Waals surface area (Å²) in [5, 5.41) is 4.21. The molecule has 3 fully saturated rings. The summed E-state index contributed by atoms with van der Waals surface area (Å²) in [5.41, 5.74) is 0.494. The van der Waals surface area contributed by atoms with Gasteiger partial charge in [0.15, 0.2) is 6.73 Å². The van der Waals surface area contributed by atoms with Gasteiger partial charge in [-0.1, -0.05) is 15.9 Å². The summed E-state index contributed by atoms with van der Waals surface area (Å²) < 4.78 is 14.0. The van der Waals surface area contributed by atoms with Crippen LogP contribution in [0.15, 0.2) is 41.1 Å². The molecule has 1 aromatic heterocycles. The summed E-state index contributed by atoms with van der Waals surface area (Å²) >= 11 is 3.38. The first kappa shape index (κ1) is 16.0. The number of imide groups is 1. The fourth-order valence-electron chi connectivity index (χ4n) is 4.18. The van der Waals surface area contributed by atoms with E-state index in [4.69, 9.17) is 9.47 Å². The summed E-state index contributed by atoms with van der Waals surface area (Å²) in [6, 6.07) is 7.47. The molecule has 5 rings (SSSR count). The SMILES string of the molecule is O=C1[C@@H]2[C@@H](C(=O)N1c1cnn(COc3ccc(Br)cc3)c1)[C@@H]1CC[C@@H]2O1. The highest BCUT2D eigenvalue weighted by Crippen LogP contribution is 2.49. The van der Waals surface area contributed by atoms with Gasteiger partial charge in [-0.15, -0.1) is 0 Å². The van der Waals surface area contributed by atoms with Crippen LogP contribution in [-0.2, 0) is 21.1 Å². The Morgan fingerprint density at radius 1 is 1.12 bits per heavy atom. The third-order valence-corrected chi connectivity index (χ3v) is 5.87. The zero-order chi connectivity index (χ0) is 17.8. The van der Waals surface area contributed by atoms with Gasteiger partial charge in [-0.05, 0) is 37.1 Å². The maximum atomic E-state index is 12.8. The highest BCUT2D eigenvalue weighted by Gasteiger charge is 2.62. The lowest BCUT2D eigenvalue weighted by Gasteiger charge is -2.15. The van der Waals surface area contributed by atoms with Crippen molar-refractivity contribution in [1.29, 1.82) is 0 Å². The van der Waals surface area contributed by atoms with Crippen LogP contribution < -0.4 is 9.64 Å². The molecular formula is C18H16BrN3O4. The van der Waals surface area contributed by atoms with Gasteiger partial charge < -0.3 is 9.47 Å². The number of carbonyl (C=O) groups excluding carboxylic acids is 2. The lowest BCUT2D eigenvalue weighted by molar-refractivity contribution is -0.124. The molecular weight excluding hydrogens is 402 g/mol. The standard InChI is InChI=1S/C18H16BrN3O4/c19-10-1-3-12(4-2-10)25-9-21-8-11(7-20-21)22-17(23)15-13-5-6-14(26-13)16(15)18(22)24/h1-4,7-8,13-16H,5-6,9H2/t13-,14-,15-,16-/m0/s1. The van der Waals surface area contributed by atoms with Crippen LogP contribution in [0.2, 0.25) is 0 Å². The van der Waals surface area contributed by atoms with E-state index in [0.717, 1.165) is 17.3 Å². The molecule has 3 aliphatic heterocycles. The number of anilines is 1. The lowest BCUT2D eigenvalue weighted by Crippen LogP contribution is -2.34. The van der Waals surface area contributed by atoms with E-state index in [-0.39, 0.29) is 42.6 Å². The number of ether oxygens (including phenoxy) is 2. The minimum absolute atomic E-state index is 0.109. The van der Waals surface area contributed by atoms with E-state index in [1.54, 1.807) is 10.9 Å². The molecule has 2 amide bonds. The van der Waals surface area contributed by atoms with Crippen molar-refractivity contribution >= 4 is 33.4 Å². The smallest absolute Gasteiger partial charge is 0.240 e. The van der Waals surface area contributed by atoms with E-state index < -0.39 is 0 Å². The Hall–Kier alpha value is -2.19. The predicted octanol–water partition coefficient (Wildman–Crippen LogP) is 2.35. The number of hydrogen-bond acceptors (Lipinski definition) is 5. The molecule has 4 atom stereocenters. The Morgan fingerprint density at radius 2 is 1.77 bits per heavy atom. The number of aromatic nitrogens is 2. The average Bonchev–Trinajstić information content (AvgIpc) is 3.39. The highest BCUT2D eigenvalue weighted by molar-refractivity contribution is 9.10. The molecule has 3 aliphatic rings. The van der Waals surface area contributed by atoms with Crippen LogP contribution in [-0.4, -0.2) is 33.8 Å². The molecule has 0 saturated carbocycles. The Labute approximate surface area is 158 Å². The molecule has 0 unspecified atom stereocenters. The van der Waals surface area contributed by atoms with E-state index in [2.05, 4.69) is 21.0 Å². The lowest BCUT2D eigenvalue weighted by atomic mass is 9.81. The Kier molecular flexibility index (Phi) is 3.65. The first-order chi connectivity index (χ1) is 12.6. The highest BCUT2D eigenvalue weighted by atomic mass is 79.9. The van der Waals surface area contributed by atoms with Crippen molar-refractivity contribution in [3.63, 3.8) is 0 Å². The monoisotopic (exact) mass is 417 g/mol. The van der Waals surface area contributed by atoms with Crippen molar-refractivity contribution in [1.82, 2.24) is 9.78 Å². The van der Waals surface area contributed by atoms with Crippen LogP contribution in [0.5, 0.6) is 5.75 Å². The van der Waals surface area contributed by atoms with Crippen molar-refractivity contribution in [2.24, 2.45) is 11.8 Å².